The standard InChI is InChI=1S/C15H28O2/c1-2-3-4-5-6-7-8-10-13-16-15-12-9-11-14-17-15/h2,15H,1,3-14H2. The molecule has 2 nitrogen and oxygen atoms in total. The molecule has 0 spiro atoms. The normalized spacial score (nSPS) is 20.4. The van der Waals surface area contributed by atoms with Crippen molar-refractivity contribution in [2.45, 2.75) is 70.5 Å². The maximum absolute atomic E-state index is 5.69. The summed E-state index contributed by atoms with van der Waals surface area (Å²) in [5.41, 5.74) is 0. The van der Waals surface area contributed by atoms with E-state index in [9.17, 15) is 0 Å². The molecule has 1 rings (SSSR count). The van der Waals surface area contributed by atoms with Gasteiger partial charge < -0.3 is 9.47 Å². The molecule has 1 fully saturated rings. The molecular weight excluding hydrogens is 212 g/mol. The second-order valence-corrected chi connectivity index (χ2v) is 4.87. The van der Waals surface area contributed by atoms with Crippen LogP contribution in [0.2, 0.25) is 0 Å². The molecule has 1 aliphatic rings. The molecule has 2 heteroatoms. The number of hydrogen-bond acceptors (Lipinski definition) is 2. The highest BCUT2D eigenvalue weighted by Crippen LogP contribution is 2.14. The van der Waals surface area contributed by atoms with E-state index >= 15 is 0 Å². The molecule has 0 amide bonds. The highest BCUT2D eigenvalue weighted by Gasteiger charge is 2.12. The third-order valence-electron chi connectivity index (χ3n) is 3.24. The predicted molar refractivity (Wildman–Crippen MR) is 72.1 cm³/mol. The maximum atomic E-state index is 5.69. The molecule has 1 atom stereocenters. The highest BCUT2D eigenvalue weighted by atomic mass is 16.7. The third-order valence-corrected chi connectivity index (χ3v) is 3.24. The van der Waals surface area contributed by atoms with Gasteiger partial charge in [0.2, 0.25) is 0 Å². The molecule has 0 aliphatic carbocycles. The lowest BCUT2D eigenvalue weighted by molar-refractivity contribution is -0.162. The number of unbranched alkanes of at least 4 members (excludes halogenated alkanes) is 6. The summed E-state index contributed by atoms with van der Waals surface area (Å²) in [7, 11) is 0. The molecule has 0 saturated carbocycles. The van der Waals surface area contributed by atoms with Gasteiger partial charge in [0, 0.05) is 13.2 Å². The van der Waals surface area contributed by atoms with E-state index in [-0.39, 0.29) is 6.29 Å². The quantitative estimate of drug-likeness (QED) is 0.415. The van der Waals surface area contributed by atoms with Gasteiger partial charge in [0.1, 0.15) is 0 Å². The van der Waals surface area contributed by atoms with Crippen molar-refractivity contribution < 1.29 is 9.47 Å². The van der Waals surface area contributed by atoms with E-state index < -0.39 is 0 Å². The lowest BCUT2D eigenvalue weighted by Crippen LogP contribution is -2.22. The molecular formula is C15H28O2. The van der Waals surface area contributed by atoms with Crippen molar-refractivity contribution in [2.24, 2.45) is 0 Å². The average Bonchev–Trinajstić information content (AvgIpc) is 2.38. The summed E-state index contributed by atoms with van der Waals surface area (Å²) >= 11 is 0. The summed E-state index contributed by atoms with van der Waals surface area (Å²) in [5.74, 6) is 0. The van der Waals surface area contributed by atoms with Crippen molar-refractivity contribution in [2.75, 3.05) is 13.2 Å². The fourth-order valence-corrected chi connectivity index (χ4v) is 2.16. The molecule has 1 heterocycles. The zero-order valence-electron chi connectivity index (χ0n) is 11.2. The topological polar surface area (TPSA) is 18.5 Å². The van der Waals surface area contributed by atoms with Crippen molar-refractivity contribution >= 4 is 0 Å². The zero-order valence-corrected chi connectivity index (χ0v) is 11.2. The van der Waals surface area contributed by atoms with Crippen LogP contribution in [0, 0.1) is 0 Å². The summed E-state index contributed by atoms with van der Waals surface area (Å²) in [5, 5.41) is 0. The largest absolute Gasteiger partial charge is 0.353 e. The summed E-state index contributed by atoms with van der Waals surface area (Å²) in [6, 6.07) is 0. The number of allylic oxidation sites excluding steroid dienone is 1. The molecule has 0 aromatic carbocycles. The third kappa shape index (κ3) is 8.39. The van der Waals surface area contributed by atoms with Crippen LogP contribution in [0.4, 0.5) is 0 Å². The van der Waals surface area contributed by atoms with Gasteiger partial charge in [0.15, 0.2) is 6.29 Å². The van der Waals surface area contributed by atoms with Crippen molar-refractivity contribution in [1.29, 1.82) is 0 Å². The van der Waals surface area contributed by atoms with Crippen LogP contribution in [0.25, 0.3) is 0 Å². The van der Waals surface area contributed by atoms with E-state index in [2.05, 4.69) is 6.58 Å². The van der Waals surface area contributed by atoms with Gasteiger partial charge >= 0.3 is 0 Å². The first-order valence-electron chi connectivity index (χ1n) is 7.27. The first kappa shape index (κ1) is 14.7. The number of hydrogen-bond donors (Lipinski definition) is 0. The van der Waals surface area contributed by atoms with Gasteiger partial charge in [0.05, 0.1) is 0 Å². The minimum absolute atomic E-state index is 0.0938. The van der Waals surface area contributed by atoms with E-state index in [0.717, 1.165) is 19.6 Å². The summed E-state index contributed by atoms with van der Waals surface area (Å²) in [6.45, 7) is 5.49. The number of ether oxygens (including phenoxy) is 2. The van der Waals surface area contributed by atoms with Crippen LogP contribution >= 0.6 is 0 Å². The van der Waals surface area contributed by atoms with Gasteiger partial charge in [-0.1, -0.05) is 31.8 Å². The van der Waals surface area contributed by atoms with Crippen molar-refractivity contribution in [3.05, 3.63) is 12.7 Å². The second kappa shape index (κ2) is 10.8. The molecule has 1 saturated heterocycles. The monoisotopic (exact) mass is 240 g/mol. The predicted octanol–water partition coefficient (Wildman–Crippen LogP) is 4.45. The van der Waals surface area contributed by atoms with Crippen molar-refractivity contribution in [1.82, 2.24) is 0 Å². The van der Waals surface area contributed by atoms with Gasteiger partial charge in [-0.25, -0.2) is 0 Å². The molecule has 0 N–H and O–H groups in total. The summed E-state index contributed by atoms with van der Waals surface area (Å²) in [4.78, 5) is 0. The Morgan fingerprint density at radius 1 is 1.06 bits per heavy atom. The lowest BCUT2D eigenvalue weighted by atomic mass is 10.1. The van der Waals surface area contributed by atoms with Crippen LogP contribution in [-0.2, 0) is 9.47 Å². The number of rotatable bonds is 10. The van der Waals surface area contributed by atoms with Gasteiger partial charge in [-0.05, 0) is 38.5 Å². The highest BCUT2D eigenvalue weighted by molar-refractivity contribution is 4.65. The van der Waals surface area contributed by atoms with E-state index in [0.29, 0.717) is 0 Å². The van der Waals surface area contributed by atoms with Gasteiger partial charge in [-0.15, -0.1) is 6.58 Å². The Morgan fingerprint density at radius 2 is 1.82 bits per heavy atom. The van der Waals surface area contributed by atoms with Crippen LogP contribution in [0.5, 0.6) is 0 Å². The zero-order chi connectivity index (χ0) is 12.2. The molecule has 0 aromatic heterocycles. The molecule has 100 valence electrons. The second-order valence-electron chi connectivity index (χ2n) is 4.87. The SMILES string of the molecule is C=CCCCCCCCCOC1CCCCO1. The Bertz CT molecular complexity index is 174. The van der Waals surface area contributed by atoms with Gasteiger partial charge in [-0.2, -0.15) is 0 Å². The Balaban J connectivity index is 1.76. The van der Waals surface area contributed by atoms with Crippen LogP contribution < -0.4 is 0 Å². The van der Waals surface area contributed by atoms with Crippen LogP contribution in [0.15, 0.2) is 12.7 Å². The van der Waals surface area contributed by atoms with Gasteiger partial charge in [0.25, 0.3) is 0 Å². The van der Waals surface area contributed by atoms with E-state index in [1.807, 2.05) is 6.08 Å². The molecule has 0 radical (unpaired) electrons. The molecule has 0 aromatic rings. The van der Waals surface area contributed by atoms with E-state index in [1.165, 1.54) is 57.8 Å². The van der Waals surface area contributed by atoms with E-state index in [4.69, 9.17) is 9.47 Å². The minimum Gasteiger partial charge on any atom is -0.353 e. The summed E-state index contributed by atoms with van der Waals surface area (Å²) < 4.78 is 11.2. The smallest absolute Gasteiger partial charge is 0.157 e. The Hall–Kier alpha value is -0.340. The fraction of sp³-hybridized carbons (Fsp3) is 0.867. The molecule has 17 heavy (non-hydrogen) atoms. The first-order chi connectivity index (χ1) is 8.43. The Labute approximate surface area is 106 Å². The van der Waals surface area contributed by atoms with Crippen LogP contribution in [-0.4, -0.2) is 19.5 Å². The minimum atomic E-state index is 0.0938. The lowest BCUT2D eigenvalue weighted by Gasteiger charge is -2.22. The Kier molecular flexibility index (Phi) is 9.34. The van der Waals surface area contributed by atoms with Gasteiger partial charge in [-0.3, -0.25) is 0 Å². The molecule has 1 aliphatic heterocycles. The summed E-state index contributed by atoms with van der Waals surface area (Å²) in [6.07, 6.45) is 14.6. The maximum Gasteiger partial charge on any atom is 0.157 e. The fourth-order valence-electron chi connectivity index (χ4n) is 2.16. The molecule has 1 unspecified atom stereocenters. The van der Waals surface area contributed by atoms with Crippen molar-refractivity contribution in [3.8, 4) is 0 Å². The van der Waals surface area contributed by atoms with Crippen molar-refractivity contribution in [3.63, 3.8) is 0 Å². The van der Waals surface area contributed by atoms with Crippen LogP contribution in [0.3, 0.4) is 0 Å². The average molecular weight is 240 g/mol. The first-order valence-corrected chi connectivity index (χ1v) is 7.27. The Morgan fingerprint density at radius 3 is 2.53 bits per heavy atom. The molecule has 0 bridgehead atoms. The van der Waals surface area contributed by atoms with E-state index in [1.54, 1.807) is 0 Å². The van der Waals surface area contributed by atoms with Crippen LogP contribution in [0.1, 0.15) is 64.2 Å².